The van der Waals surface area contributed by atoms with Crippen LogP contribution in [0.1, 0.15) is 5.56 Å². The molecule has 29 heavy (non-hydrogen) atoms. The van der Waals surface area contributed by atoms with Crippen LogP contribution in [0.4, 0.5) is 0 Å². The van der Waals surface area contributed by atoms with Crippen LogP contribution in [0.5, 0.6) is 11.5 Å². The minimum atomic E-state index is -4.24. The van der Waals surface area contributed by atoms with Gasteiger partial charge >= 0.3 is 0 Å². The van der Waals surface area contributed by atoms with Gasteiger partial charge in [0, 0.05) is 12.6 Å². The second-order valence-corrected chi connectivity index (χ2v) is 10.8. The summed E-state index contributed by atoms with van der Waals surface area (Å²) in [6.45, 7) is -0.0964. The van der Waals surface area contributed by atoms with Crippen LogP contribution < -0.4 is 9.47 Å². The average Bonchev–Trinajstić information content (AvgIpc) is 2.98. The molecule has 1 fully saturated rings. The number of hydrogen-bond acceptors (Lipinski definition) is 7. The first-order valence-electron chi connectivity index (χ1n) is 8.84. The third kappa shape index (κ3) is 4.55. The molecular weight excluding hydrogens is 418 g/mol. The Kier molecular flexibility index (Phi) is 6.18. The van der Waals surface area contributed by atoms with E-state index in [0.29, 0.717) is 11.3 Å². The molecule has 1 aliphatic heterocycles. The van der Waals surface area contributed by atoms with E-state index in [4.69, 9.17) is 9.47 Å². The minimum Gasteiger partial charge on any atom is -0.497 e. The molecule has 1 heterocycles. The molecule has 0 aliphatic carbocycles. The number of rotatable bonds is 7. The van der Waals surface area contributed by atoms with Crippen LogP contribution in [0, 0.1) is 0 Å². The van der Waals surface area contributed by atoms with Crippen molar-refractivity contribution in [1.29, 1.82) is 0 Å². The summed E-state index contributed by atoms with van der Waals surface area (Å²) < 4.78 is 62.8. The first-order valence-corrected chi connectivity index (χ1v) is 12.1. The van der Waals surface area contributed by atoms with E-state index in [1.54, 1.807) is 36.4 Å². The Labute approximate surface area is 170 Å². The first-order chi connectivity index (χ1) is 13.7. The summed E-state index contributed by atoms with van der Waals surface area (Å²) in [6, 6.07) is 12.0. The number of methoxy groups -OCH3 is 2. The Morgan fingerprint density at radius 1 is 1.07 bits per heavy atom. The van der Waals surface area contributed by atoms with Crippen LogP contribution in [-0.2, 0) is 26.4 Å². The van der Waals surface area contributed by atoms with E-state index in [1.165, 1.54) is 26.4 Å². The van der Waals surface area contributed by atoms with Crippen molar-refractivity contribution < 1.29 is 31.4 Å². The molecule has 158 valence electrons. The maximum atomic E-state index is 13.6. The minimum absolute atomic E-state index is 0.0964. The number of nitrogens with zero attached hydrogens (tertiary/aromatic N) is 1. The predicted molar refractivity (Wildman–Crippen MR) is 107 cm³/mol. The lowest BCUT2D eigenvalue weighted by Crippen LogP contribution is -2.46. The number of sulfonamides is 1. The van der Waals surface area contributed by atoms with Crippen LogP contribution in [0.15, 0.2) is 53.4 Å². The van der Waals surface area contributed by atoms with Gasteiger partial charge in [0.25, 0.3) is 0 Å². The number of hydrogen-bond donors (Lipinski definition) is 1. The normalized spacial score (nSPS) is 21.2. The summed E-state index contributed by atoms with van der Waals surface area (Å²) in [5.41, 5.74) is 0.662. The maximum absolute atomic E-state index is 13.6. The van der Waals surface area contributed by atoms with Gasteiger partial charge < -0.3 is 14.6 Å². The number of ether oxygens (including phenoxy) is 2. The smallest absolute Gasteiger partial charge is 0.247 e. The van der Waals surface area contributed by atoms with Gasteiger partial charge in [-0.25, -0.2) is 16.8 Å². The zero-order chi connectivity index (χ0) is 21.2. The van der Waals surface area contributed by atoms with Crippen LogP contribution in [0.2, 0.25) is 0 Å². The molecular formula is C19H23NO7S2. The molecule has 0 amide bonds. The highest BCUT2D eigenvalue weighted by Crippen LogP contribution is 2.34. The van der Waals surface area contributed by atoms with Gasteiger partial charge in [-0.15, -0.1) is 0 Å². The van der Waals surface area contributed by atoms with E-state index in [1.807, 2.05) is 0 Å². The average molecular weight is 442 g/mol. The van der Waals surface area contributed by atoms with Crippen molar-refractivity contribution in [1.82, 2.24) is 4.31 Å². The summed E-state index contributed by atoms with van der Waals surface area (Å²) in [4.78, 5) is -0.160. The zero-order valence-corrected chi connectivity index (χ0v) is 17.7. The largest absolute Gasteiger partial charge is 0.497 e. The molecule has 0 aromatic heterocycles. The molecule has 8 nitrogen and oxygen atoms in total. The van der Waals surface area contributed by atoms with Gasteiger partial charge in [0.2, 0.25) is 10.0 Å². The topological polar surface area (TPSA) is 110 Å². The highest BCUT2D eigenvalue weighted by Gasteiger charge is 2.45. The Hall–Kier alpha value is -2.14. The Morgan fingerprint density at radius 3 is 2.31 bits per heavy atom. The number of aliphatic hydroxyl groups excluding tert-OH is 1. The van der Waals surface area contributed by atoms with Crippen LogP contribution >= 0.6 is 0 Å². The van der Waals surface area contributed by atoms with Crippen molar-refractivity contribution in [2.75, 3.05) is 25.7 Å². The van der Waals surface area contributed by atoms with Crippen molar-refractivity contribution >= 4 is 19.9 Å². The molecule has 2 atom stereocenters. The maximum Gasteiger partial charge on any atom is 0.247 e. The number of aliphatic hydroxyl groups is 1. The lowest BCUT2D eigenvalue weighted by Gasteiger charge is -2.30. The van der Waals surface area contributed by atoms with E-state index in [2.05, 4.69) is 0 Å². The molecule has 1 saturated heterocycles. The second-order valence-electron chi connectivity index (χ2n) is 6.76. The summed E-state index contributed by atoms with van der Waals surface area (Å²) in [7, 11) is -5.05. The fraction of sp³-hybridized carbons (Fsp3) is 0.368. The zero-order valence-electron chi connectivity index (χ0n) is 16.1. The first kappa shape index (κ1) is 21.6. The lowest BCUT2D eigenvalue weighted by molar-refractivity contribution is 0.125. The van der Waals surface area contributed by atoms with Gasteiger partial charge in [0.15, 0.2) is 9.84 Å². The fourth-order valence-corrected chi connectivity index (χ4v) is 7.05. The monoisotopic (exact) mass is 441 g/mol. The van der Waals surface area contributed by atoms with E-state index in [-0.39, 0.29) is 17.2 Å². The summed E-state index contributed by atoms with van der Waals surface area (Å²) in [5.74, 6) is -0.525. The van der Waals surface area contributed by atoms with Crippen LogP contribution in [-0.4, -0.2) is 64.1 Å². The van der Waals surface area contributed by atoms with Gasteiger partial charge in [-0.05, 0) is 17.7 Å². The highest BCUT2D eigenvalue weighted by molar-refractivity contribution is 7.92. The fourth-order valence-electron chi connectivity index (χ4n) is 3.34. The lowest BCUT2D eigenvalue weighted by atomic mass is 10.2. The van der Waals surface area contributed by atoms with Crippen molar-refractivity contribution in [3.63, 3.8) is 0 Å². The molecule has 0 saturated carbocycles. The van der Waals surface area contributed by atoms with Crippen molar-refractivity contribution in [2.45, 2.75) is 23.6 Å². The van der Waals surface area contributed by atoms with Gasteiger partial charge in [0.1, 0.15) is 16.4 Å². The van der Waals surface area contributed by atoms with Crippen LogP contribution in [0.25, 0.3) is 0 Å². The Balaban J connectivity index is 2.12. The quantitative estimate of drug-likeness (QED) is 0.684. The van der Waals surface area contributed by atoms with Gasteiger partial charge in [0.05, 0.1) is 37.9 Å². The molecule has 1 aliphatic rings. The SMILES string of the molecule is COc1ccc(OC)c(S(=O)(=O)N(Cc2ccccc2)[C@H]2CS(=O)(=O)C[C@H]2O)c1. The molecule has 0 bridgehead atoms. The molecule has 2 aromatic rings. The molecule has 10 heteroatoms. The standard InChI is InChI=1S/C19H23NO7S2/c1-26-15-8-9-18(27-2)19(10-15)29(24,25)20(11-14-6-4-3-5-7-14)16-12-28(22,23)13-17(16)21/h3-10,16-17,21H,11-13H2,1-2H3/t16-,17+/m0/s1. The highest BCUT2D eigenvalue weighted by atomic mass is 32.2. The van der Waals surface area contributed by atoms with Crippen molar-refractivity contribution in [3.05, 3.63) is 54.1 Å². The van der Waals surface area contributed by atoms with Gasteiger partial charge in [-0.3, -0.25) is 0 Å². The molecule has 2 aromatic carbocycles. The third-order valence-electron chi connectivity index (χ3n) is 4.80. The molecule has 3 rings (SSSR count). The number of benzene rings is 2. The summed E-state index contributed by atoms with van der Waals surface area (Å²) in [5, 5.41) is 10.4. The second kappa shape index (κ2) is 8.31. The van der Waals surface area contributed by atoms with Gasteiger partial charge in [-0.2, -0.15) is 4.31 Å². The van der Waals surface area contributed by atoms with Crippen molar-refractivity contribution in [3.8, 4) is 11.5 Å². The summed E-state index contributed by atoms with van der Waals surface area (Å²) >= 11 is 0. The van der Waals surface area contributed by atoms with Gasteiger partial charge in [-0.1, -0.05) is 30.3 Å². The number of sulfone groups is 1. The molecule has 1 N–H and O–H groups in total. The Bertz CT molecular complexity index is 1070. The van der Waals surface area contributed by atoms with Crippen LogP contribution in [0.3, 0.4) is 0 Å². The summed E-state index contributed by atoms with van der Waals surface area (Å²) in [6.07, 6.45) is -1.32. The molecule has 0 unspecified atom stereocenters. The third-order valence-corrected chi connectivity index (χ3v) is 8.39. The molecule has 0 radical (unpaired) electrons. The van der Waals surface area contributed by atoms with E-state index in [0.717, 1.165) is 4.31 Å². The van der Waals surface area contributed by atoms with E-state index >= 15 is 0 Å². The van der Waals surface area contributed by atoms with E-state index < -0.39 is 43.5 Å². The van der Waals surface area contributed by atoms with E-state index in [9.17, 15) is 21.9 Å². The van der Waals surface area contributed by atoms with Crippen molar-refractivity contribution in [2.24, 2.45) is 0 Å². The predicted octanol–water partition coefficient (Wildman–Crippen LogP) is 1.05. The molecule has 0 spiro atoms. The Morgan fingerprint density at radius 2 is 1.76 bits per heavy atom.